The fourth-order valence-corrected chi connectivity index (χ4v) is 2.67. The van der Waals surface area contributed by atoms with Gasteiger partial charge in [0.15, 0.2) is 0 Å². The Kier molecular flexibility index (Phi) is 4.77. The smallest absolute Gasteiger partial charge is 0.338 e. The van der Waals surface area contributed by atoms with Crippen LogP contribution < -0.4 is 5.32 Å². The fraction of sp³-hybridized carbons (Fsp3) is 0.500. The second-order valence-corrected chi connectivity index (χ2v) is 5.30. The van der Waals surface area contributed by atoms with Crippen molar-refractivity contribution in [2.24, 2.45) is 11.8 Å². The summed E-state index contributed by atoms with van der Waals surface area (Å²) in [5.74, 6) is 0.308. The lowest BCUT2D eigenvalue weighted by atomic mass is 9.97. The number of anilines is 1. The van der Waals surface area contributed by atoms with Crippen LogP contribution in [0.5, 0.6) is 0 Å². The maximum atomic E-state index is 12.1. The lowest BCUT2D eigenvalue weighted by Gasteiger charge is -2.15. The molecule has 1 aromatic carbocycles. The molecule has 1 aromatic rings. The highest BCUT2D eigenvalue weighted by Crippen LogP contribution is 2.32. The van der Waals surface area contributed by atoms with E-state index < -0.39 is 0 Å². The van der Waals surface area contributed by atoms with Gasteiger partial charge >= 0.3 is 5.97 Å². The van der Waals surface area contributed by atoms with Gasteiger partial charge in [-0.25, -0.2) is 4.79 Å². The number of carbonyl (C=O) groups is 2. The van der Waals surface area contributed by atoms with E-state index in [1.807, 2.05) is 0 Å². The van der Waals surface area contributed by atoms with Crippen LogP contribution in [0.3, 0.4) is 0 Å². The molecular formula is C16H21NO3. The summed E-state index contributed by atoms with van der Waals surface area (Å²) in [5.41, 5.74) is 1.22. The van der Waals surface area contributed by atoms with Crippen LogP contribution in [-0.4, -0.2) is 18.5 Å². The van der Waals surface area contributed by atoms with E-state index in [2.05, 4.69) is 12.2 Å². The molecule has 2 unspecified atom stereocenters. The predicted octanol–water partition coefficient (Wildman–Crippen LogP) is 3.24. The van der Waals surface area contributed by atoms with Gasteiger partial charge in [-0.2, -0.15) is 0 Å². The molecule has 20 heavy (non-hydrogen) atoms. The van der Waals surface area contributed by atoms with Crippen LogP contribution in [0.15, 0.2) is 24.3 Å². The number of hydrogen-bond donors (Lipinski definition) is 1. The largest absolute Gasteiger partial charge is 0.462 e. The normalized spacial score (nSPS) is 21.5. The molecular weight excluding hydrogens is 254 g/mol. The minimum absolute atomic E-state index is 0.0823. The standard InChI is InChI=1S/C16H21NO3/c1-3-20-16(19)12-7-9-13(10-8-12)17-15(18)14-6-4-5-11(14)2/h7-11,14H,3-6H2,1-2H3,(H,17,18). The van der Waals surface area contributed by atoms with Crippen LogP contribution in [0.25, 0.3) is 0 Å². The third-order valence-corrected chi connectivity index (χ3v) is 3.86. The zero-order chi connectivity index (χ0) is 14.5. The van der Waals surface area contributed by atoms with E-state index in [-0.39, 0.29) is 17.8 Å². The van der Waals surface area contributed by atoms with Crippen molar-refractivity contribution >= 4 is 17.6 Å². The van der Waals surface area contributed by atoms with E-state index in [0.29, 0.717) is 18.1 Å². The summed E-state index contributed by atoms with van der Waals surface area (Å²) in [6.07, 6.45) is 3.22. The van der Waals surface area contributed by atoms with E-state index in [1.54, 1.807) is 31.2 Å². The highest BCUT2D eigenvalue weighted by molar-refractivity contribution is 5.94. The first-order valence-electron chi connectivity index (χ1n) is 7.20. The van der Waals surface area contributed by atoms with E-state index in [4.69, 9.17) is 4.74 Å². The van der Waals surface area contributed by atoms with Crippen molar-refractivity contribution in [3.63, 3.8) is 0 Å². The fourth-order valence-electron chi connectivity index (χ4n) is 2.67. The van der Waals surface area contributed by atoms with Crippen LogP contribution >= 0.6 is 0 Å². The van der Waals surface area contributed by atoms with Gasteiger partial charge in [0.1, 0.15) is 0 Å². The summed E-state index contributed by atoms with van der Waals surface area (Å²) < 4.78 is 4.92. The summed E-state index contributed by atoms with van der Waals surface area (Å²) in [6, 6.07) is 6.82. The van der Waals surface area contributed by atoms with Crippen molar-refractivity contribution < 1.29 is 14.3 Å². The van der Waals surface area contributed by atoms with E-state index >= 15 is 0 Å². The van der Waals surface area contributed by atoms with Crippen LogP contribution in [0.1, 0.15) is 43.5 Å². The number of carbonyl (C=O) groups excluding carboxylic acids is 2. The maximum Gasteiger partial charge on any atom is 0.338 e. The molecule has 0 aromatic heterocycles. The van der Waals surface area contributed by atoms with Crippen molar-refractivity contribution in [1.82, 2.24) is 0 Å². The summed E-state index contributed by atoms with van der Waals surface area (Å²) in [6.45, 7) is 4.26. The van der Waals surface area contributed by atoms with E-state index in [9.17, 15) is 9.59 Å². The summed E-state index contributed by atoms with van der Waals surface area (Å²) in [4.78, 5) is 23.7. The predicted molar refractivity (Wildman–Crippen MR) is 77.5 cm³/mol. The third kappa shape index (κ3) is 3.38. The molecule has 2 rings (SSSR count). The van der Waals surface area contributed by atoms with Crippen molar-refractivity contribution in [2.45, 2.75) is 33.1 Å². The Hall–Kier alpha value is -1.84. The molecule has 0 aliphatic heterocycles. The highest BCUT2D eigenvalue weighted by Gasteiger charge is 2.29. The maximum absolute atomic E-state index is 12.1. The summed E-state index contributed by atoms with van der Waals surface area (Å²) in [5, 5.41) is 2.92. The molecule has 4 nitrogen and oxygen atoms in total. The molecule has 1 aliphatic carbocycles. The van der Waals surface area contributed by atoms with E-state index in [0.717, 1.165) is 24.9 Å². The van der Waals surface area contributed by atoms with Crippen molar-refractivity contribution in [1.29, 1.82) is 0 Å². The third-order valence-electron chi connectivity index (χ3n) is 3.86. The van der Waals surface area contributed by atoms with Gasteiger partial charge in [0, 0.05) is 11.6 Å². The number of ether oxygens (including phenoxy) is 1. The topological polar surface area (TPSA) is 55.4 Å². The Morgan fingerprint density at radius 3 is 2.50 bits per heavy atom. The lowest BCUT2D eigenvalue weighted by Crippen LogP contribution is -2.24. The number of rotatable bonds is 4. The zero-order valence-electron chi connectivity index (χ0n) is 12.0. The number of esters is 1. The number of amides is 1. The SMILES string of the molecule is CCOC(=O)c1ccc(NC(=O)C2CCCC2C)cc1. The Balaban J connectivity index is 1.96. The first-order chi connectivity index (χ1) is 9.61. The highest BCUT2D eigenvalue weighted by atomic mass is 16.5. The van der Waals surface area contributed by atoms with Crippen LogP contribution in [-0.2, 0) is 9.53 Å². The van der Waals surface area contributed by atoms with Crippen LogP contribution in [0, 0.1) is 11.8 Å². The average Bonchev–Trinajstić information content (AvgIpc) is 2.86. The Morgan fingerprint density at radius 2 is 1.95 bits per heavy atom. The number of benzene rings is 1. The van der Waals surface area contributed by atoms with Crippen molar-refractivity contribution in [2.75, 3.05) is 11.9 Å². The minimum atomic E-state index is -0.338. The summed E-state index contributed by atoms with van der Waals surface area (Å²) >= 11 is 0. The second-order valence-electron chi connectivity index (χ2n) is 5.30. The van der Waals surface area contributed by atoms with Gasteiger partial charge in [-0.05, 0) is 49.9 Å². The molecule has 108 valence electrons. The molecule has 0 spiro atoms. The molecule has 4 heteroatoms. The van der Waals surface area contributed by atoms with Gasteiger partial charge in [0.25, 0.3) is 0 Å². The van der Waals surface area contributed by atoms with E-state index in [1.165, 1.54) is 0 Å². The van der Waals surface area contributed by atoms with Gasteiger partial charge in [-0.3, -0.25) is 4.79 Å². The number of hydrogen-bond acceptors (Lipinski definition) is 3. The van der Waals surface area contributed by atoms with Gasteiger partial charge in [-0.15, -0.1) is 0 Å². The molecule has 1 amide bonds. The first kappa shape index (κ1) is 14.6. The Labute approximate surface area is 119 Å². The molecule has 1 fully saturated rings. The Morgan fingerprint density at radius 1 is 1.25 bits per heavy atom. The average molecular weight is 275 g/mol. The van der Waals surface area contributed by atoms with Gasteiger partial charge < -0.3 is 10.1 Å². The number of nitrogens with one attached hydrogen (secondary N) is 1. The zero-order valence-corrected chi connectivity index (χ0v) is 12.0. The molecule has 0 saturated heterocycles. The molecule has 1 N–H and O–H groups in total. The van der Waals surface area contributed by atoms with Gasteiger partial charge in [-0.1, -0.05) is 13.3 Å². The summed E-state index contributed by atoms with van der Waals surface area (Å²) in [7, 11) is 0. The Bertz CT molecular complexity index is 481. The van der Waals surface area contributed by atoms with Gasteiger partial charge in [0.05, 0.1) is 12.2 Å². The molecule has 0 radical (unpaired) electrons. The second kappa shape index (κ2) is 6.55. The molecule has 1 aliphatic rings. The molecule has 0 bridgehead atoms. The quantitative estimate of drug-likeness (QED) is 0.858. The monoisotopic (exact) mass is 275 g/mol. The van der Waals surface area contributed by atoms with Crippen molar-refractivity contribution in [3.05, 3.63) is 29.8 Å². The van der Waals surface area contributed by atoms with Gasteiger partial charge in [0.2, 0.25) is 5.91 Å². The minimum Gasteiger partial charge on any atom is -0.462 e. The molecule has 1 saturated carbocycles. The van der Waals surface area contributed by atoms with Crippen LogP contribution in [0.2, 0.25) is 0 Å². The molecule has 2 atom stereocenters. The first-order valence-corrected chi connectivity index (χ1v) is 7.20. The molecule has 0 heterocycles. The van der Waals surface area contributed by atoms with Crippen molar-refractivity contribution in [3.8, 4) is 0 Å². The van der Waals surface area contributed by atoms with Crippen LogP contribution in [0.4, 0.5) is 5.69 Å². The lowest BCUT2D eigenvalue weighted by molar-refractivity contribution is -0.120.